The third-order valence-electron chi connectivity index (χ3n) is 4.58. The Hall–Kier alpha value is -1.10. The number of rotatable bonds is 7. The molecule has 0 radical (unpaired) electrons. The molecule has 2 rings (SSSR count). The average molecular weight is 295 g/mol. The van der Waals surface area contributed by atoms with Gasteiger partial charge in [-0.15, -0.1) is 0 Å². The van der Waals surface area contributed by atoms with Gasteiger partial charge in [-0.3, -0.25) is 9.59 Å². The van der Waals surface area contributed by atoms with Gasteiger partial charge in [0.25, 0.3) is 0 Å². The summed E-state index contributed by atoms with van der Waals surface area (Å²) >= 11 is 0. The quantitative estimate of drug-likeness (QED) is 0.712. The van der Waals surface area contributed by atoms with E-state index in [1.165, 1.54) is 25.9 Å². The minimum Gasteiger partial charge on any atom is -0.341 e. The molecule has 0 aromatic heterocycles. The van der Waals surface area contributed by atoms with Crippen molar-refractivity contribution in [2.45, 2.75) is 45.4 Å². The Morgan fingerprint density at radius 2 is 1.86 bits per heavy atom. The van der Waals surface area contributed by atoms with Crippen molar-refractivity contribution in [1.29, 1.82) is 0 Å². The molecule has 2 aliphatic rings. The summed E-state index contributed by atoms with van der Waals surface area (Å²) in [5.41, 5.74) is 0. The second-order valence-corrected chi connectivity index (χ2v) is 6.15. The lowest BCUT2D eigenvalue weighted by Gasteiger charge is -2.29. The molecule has 0 N–H and O–H groups in total. The highest BCUT2D eigenvalue weighted by atomic mass is 16.2. The number of amides is 2. The Labute approximate surface area is 128 Å². The fourth-order valence-electron chi connectivity index (χ4n) is 3.24. The van der Waals surface area contributed by atoms with Crippen molar-refractivity contribution in [2.75, 3.05) is 45.8 Å². The van der Waals surface area contributed by atoms with E-state index in [1.807, 2.05) is 11.8 Å². The third-order valence-corrected chi connectivity index (χ3v) is 4.58. The van der Waals surface area contributed by atoms with Crippen LogP contribution in [0.1, 0.15) is 45.4 Å². The molecule has 2 saturated heterocycles. The molecular weight excluding hydrogens is 266 g/mol. The lowest BCUT2D eigenvalue weighted by Crippen LogP contribution is -2.45. The van der Waals surface area contributed by atoms with E-state index in [0.29, 0.717) is 6.42 Å². The van der Waals surface area contributed by atoms with Gasteiger partial charge in [0.05, 0.1) is 6.54 Å². The van der Waals surface area contributed by atoms with Gasteiger partial charge in [-0.1, -0.05) is 0 Å². The number of carbonyl (C=O) groups is 2. The molecule has 0 spiro atoms. The smallest absolute Gasteiger partial charge is 0.242 e. The normalized spacial score (nSPS) is 20.0. The van der Waals surface area contributed by atoms with E-state index < -0.39 is 0 Å². The van der Waals surface area contributed by atoms with Crippen molar-refractivity contribution in [3.05, 3.63) is 0 Å². The van der Waals surface area contributed by atoms with Crippen LogP contribution in [0.15, 0.2) is 0 Å². The van der Waals surface area contributed by atoms with Crippen LogP contribution in [0.25, 0.3) is 0 Å². The van der Waals surface area contributed by atoms with Crippen LogP contribution >= 0.6 is 0 Å². The molecule has 0 atom stereocenters. The molecular formula is C16H29N3O2. The van der Waals surface area contributed by atoms with Crippen molar-refractivity contribution < 1.29 is 9.59 Å². The summed E-state index contributed by atoms with van der Waals surface area (Å²) in [7, 11) is 0. The fraction of sp³-hybridized carbons (Fsp3) is 0.875. The zero-order chi connectivity index (χ0) is 15.1. The summed E-state index contributed by atoms with van der Waals surface area (Å²) < 4.78 is 0. The molecule has 0 aromatic rings. The Bertz CT molecular complexity index is 353. The molecule has 5 heteroatoms. The number of likely N-dealkylation sites (N-methyl/N-ethyl adjacent to an activating group) is 1. The summed E-state index contributed by atoms with van der Waals surface area (Å²) in [5, 5.41) is 0. The first-order chi connectivity index (χ1) is 10.2. The summed E-state index contributed by atoms with van der Waals surface area (Å²) in [6.45, 7) is 8.10. The molecule has 2 heterocycles. The van der Waals surface area contributed by atoms with Gasteiger partial charge < -0.3 is 14.7 Å². The topological polar surface area (TPSA) is 43.9 Å². The van der Waals surface area contributed by atoms with E-state index >= 15 is 0 Å². The lowest BCUT2D eigenvalue weighted by molar-refractivity contribution is -0.141. The molecule has 21 heavy (non-hydrogen) atoms. The number of likely N-dealkylation sites (tertiary alicyclic amines) is 2. The molecule has 0 bridgehead atoms. The van der Waals surface area contributed by atoms with E-state index in [-0.39, 0.29) is 18.4 Å². The molecule has 2 aliphatic heterocycles. The maximum atomic E-state index is 12.3. The van der Waals surface area contributed by atoms with Crippen molar-refractivity contribution in [3.63, 3.8) is 0 Å². The fourth-order valence-corrected chi connectivity index (χ4v) is 3.24. The Kier molecular flexibility index (Phi) is 6.49. The van der Waals surface area contributed by atoms with E-state index in [0.717, 1.165) is 45.4 Å². The predicted molar refractivity (Wildman–Crippen MR) is 83.0 cm³/mol. The monoisotopic (exact) mass is 295 g/mol. The van der Waals surface area contributed by atoms with E-state index in [1.54, 1.807) is 4.90 Å². The van der Waals surface area contributed by atoms with E-state index in [2.05, 4.69) is 4.90 Å². The SMILES string of the molecule is CCN(CCCN1CCCC1)C(=O)CN1CCCCC1=O. The Morgan fingerprint density at radius 3 is 2.52 bits per heavy atom. The number of hydrogen-bond acceptors (Lipinski definition) is 3. The molecule has 2 fully saturated rings. The van der Waals surface area contributed by atoms with Crippen LogP contribution in [-0.4, -0.2) is 72.3 Å². The second-order valence-electron chi connectivity index (χ2n) is 6.15. The minimum atomic E-state index is 0.106. The van der Waals surface area contributed by atoms with E-state index in [4.69, 9.17) is 0 Å². The first kappa shape index (κ1) is 16.3. The number of hydrogen-bond donors (Lipinski definition) is 0. The van der Waals surface area contributed by atoms with Crippen LogP contribution in [0.2, 0.25) is 0 Å². The van der Waals surface area contributed by atoms with Crippen molar-refractivity contribution in [3.8, 4) is 0 Å². The maximum absolute atomic E-state index is 12.3. The lowest BCUT2D eigenvalue weighted by atomic mass is 10.1. The Balaban J connectivity index is 1.71. The highest BCUT2D eigenvalue weighted by Gasteiger charge is 2.22. The van der Waals surface area contributed by atoms with Gasteiger partial charge in [0.1, 0.15) is 0 Å². The number of carbonyl (C=O) groups excluding carboxylic acids is 2. The molecule has 0 unspecified atom stereocenters. The van der Waals surface area contributed by atoms with Crippen LogP contribution in [0.5, 0.6) is 0 Å². The number of nitrogens with zero attached hydrogens (tertiary/aromatic N) is 3. The van der Waals surface area contributed by atoms with Crippen LogP contribution in [0.3, 0.4) is 0 Å². The highest BCUT2D eigenvalue weighted by Crippen LogP contribution is 2.11. The van der Waals surface area contributed by atoms with Gasteiger partial charge in [0.15, 0.2) is 0 Å². The molecule has 0 saturated carbocycles. The highest BCUT2D eigenvalue weighted by molar-refractivity contribution is 5.85. The molecule has 0 aliphatic carbocycles. The van der Waals surface area contributed by atoms with Gasteiger partial charge >= 0.3 is 0 Å². The van der Waals surface area contributed by atoms with Gasteiger partial charge in [-0.05, 0) is 58.7 Å². The molecule has 2 amide bonds. The maximum Gasteiger partial charge on any atom is 0.242 e. The zero-order valence-corrected chi connectivity index (χ0v) is 13.4. The first-order valence-electron chi connectivity index (χ1n) is 8.48. The summed E-state index contributed by atoms with van der Waals surface area (Å²) in [6, 6.07) is 0. The van der Waals surface area contributed by atoms with Crippen LogP contribution in [-0.2, 0) is 9.59 Å². The van der Waals surface area contributed by atoms with Gasteiger partial charge in [-0.25, -0.2) is 0 Å². The summed E-state index contributed by atoms with van der Waals surface area (Å²) in [4.78, 5) is 30.2. The summed E-state index contributed by atoms with van der Waals surface area (Å²) in [6.07, 6.45) is 6.26. The van der Waals surface area contributed by atoms with Crippen molar-refractivity contribution >= 4 is 11.8 Å². The minimum absolute atomic E-state index is 0.106. The standard InChI is InChI=1S/C16H29N3O2/c1-2-18(13-7-11-17-9-5-6-10-17)16(21)14-19-12-4-3-8-15(19)20/h2-14H2,1H3. The molecule has 0 aromatic carbocycles. The molecule has 5 nitrogen and oxygen atoms in total. The second kappa shape index (κ2) is 8.37. The molecule has 120 valence electrons. The van der Waals surface area contributed by atoms with E-state index in [9.17, 15) is 9.59 Å². The van der Waals surface area contributed by atoms with Crippen molar-refractivity contribution in [1.82, 2.24) is 14.7 Å². The van der Waals surface area contributed by atoms with Gasteiger partial charge in [0, 0.05) is 26.1 Å². The van der Waals surface area contributed by atoms with Crippen LogP contribution in [0, 0.1) is 0 Å². The zero-order valence-electron chi connectivity index (χ0n) is 13.4. The Morgan fingerprint density at radius 1 is 1.14 bits per heavy atom. The van der Waals surface area contributed by atoms with Crippen LogP contribution in [0.4, 0.5) is 0 Å². The van der Waals surface area contributed by atoms with Crippen LogP contribution < -0.4 is 0 Å². The average Bonchev–Trinajstić information content (AvgIpc) is 2.99. The third kappa shape index (κ3) is 4.99. The first-order valence-corrected chi connectivity index (χ1v) is 8.48. The van der Waals surface area contributed by atoms with Crippen molar-refractivity contribution in [2.24, 2.45) is 0 Å². The number of piperidine rings is 1. The van der Waals surface area contributed by atoms with Gasteiger partial charge in [-0.2, -0.15) is 0 Å². The van der Waals surface area contributed by atoms with Gasteiger partial charge in [0.2, 0.25) is 11.8 Å². The largest absolute Gasteiger partial charge is 0.341 e. The predicted octanol–water partition coefficient (Wildman–Crippen LogP) is 1.33. The summed E-state index contributed by atoms with van der Waals surface area (Å²) in [5.74, 6) is 0.247.